The van der Waals surface area contributed by atoms with E-state index in [1.165, 1.54) is 6.26 Å². The Balaban J connectivity index is 2.49. The third kappa shape index (κ3) is 3.72. The van der Waals surface area contributed by atoms with E-state index in [-0.39, 0.29) is 0 Å². The molecular formula is C3H8O2Si. The summed E-state index contributed by atoms with van der Waals surface area (Å²) in [5.74, 6) is 0. The molecule has 0 aliphatic heterocycles. The van der Waals surface area contributed by atoms with Gasteiger partial charge in [0.2, 0.25) is 9.76 Å². The van der Waals surface area contributed by atoms with Gasteiger partial charge in [-0.2, -0.15) is 0 Å². The van der Waals surface area contributed by atoms with Gasteiger partial charge in [-0.3, -0.25) is 4.58 Å². The largest absolute Gasteiger partial charge is 0.359 e. The average Bonchev–Trinajstić information content (AvgIpc) is 1.61. The third-order valence-corrected chi connectivity index (χ3v) is 0.626. The summed E-state index contributed by atoms with van der Waals surface area (Å²) in [5.41, 5.74) is 0. The Bertz CT molecular complexity index is 37.8. The fraction of sp³-hybridized carbons (Fsp3) is 0.333. The van der Waals surface area contributed by atoms with Crippen LogP contribution in [0, 0.1) is 0 Å². The van der Waals surface area contributed by atoms with E-state index in [9.17, 15) is 0 Å². The molecule has 0 amide bonds. The van der Waals surface area contributed by atoms with Crippen molar-refractivity contribution >= 4 is 9.76 Å². The van der Waals surface area contributed by atoms with Crippen molar-refractivity contribution in [3.63, 3.8) is 0 Å². The maximum absolute atomic E-state index is 4.50. The molecule has 0 aliphatic rings. The molecule has 0 aliphatic carbocycles. The Kier molecular flexibility index (Phi) is 4.49. The molecule has 0 saturated heterocycles. The quantitative estimate of drug-likeness (QED) is 0.167. The van der Waals surface area contributed by atoms with Gasteiger partial charge >= 0.3 is 0 Å². The van der Waals surface area contributed by atoms with Crippen LogP contribution in [0.3, 0.4) is 0 Å². The van der Waals surface area contributed by atoms with Gasteiger partial charge in [-0.15, -0.1) is 0 Å². The van der Waals surface area contributed by atoms with Crippen LogP contribution in [0.25, 0.3) is 0 Å². The Morgan fingerprint density at radius 1 is 1.83 bits per heavy atom. The smallest absolute Gasteiger partial charge is 0.221 e. The van der Waals surface area contributed by atoms with Crippen LogP contribution in [0.1, 0.15) is 0 Å². The normalized spacial score (nSPS) is 9.50. The Morgan fingerprint density at radius 2 is 2.50 bits per heavy atom. The van der Waals surface area contributed by atoms with Gasteiger partial charge in [-0.25, -0.2) is 0 Å². The van der Waals surface area contributed by atoms with Gasteiger partial charge in [0.25, 0.3) is 0 Å². The molecule has 0 aromatic carbocycles. The molecule has 0 radical (unpaired) electrons. The van der Waals surface area contributed by atoms with E-state index in [1.54, 1.807) is 0 Å². The molecule has 0 saturated carbocycles. The van der Waals surface area contributed by atoms with Crippen LogP contribution in [0.15, 0.2) is 12.8 Å². The summed E-state index contributed by atoms with van der Waals surface area (Å²) in [6, 6.07) is 0. The van der Waals surface area contributed by atoms with Crippen molar-refractivity contribution in [3.8, 4) is 0 Å². The summed E-state index contributed by atoms with van der Waals surface area (Å²) in [4.78, 5) is 4.31. The lowest BCUT2D eigenvalue weighted by molar-refractivity contribution is -0.148. The zero-order chi connectivity index (χ0) is 4.83. The van der Waals surface area contributed by atoms with Crippen molar-refractivity contribution in [2.45, 2.75) is 6.55 Å². The zero-order valence-corrected chi connectivity index (χ0v) is 5.22. The maximum Gasteiger partial charge on any atom is 0.221 e. The molecule has 2 nitrogen and oxygen atoms in total. The second-order valence-corrected chi connectivity index (χ2v) is 1.48. The predicted octanol–water partition coefficient (Wildman–Crippen LogP) is 0.210. The standard InChI is InChI=1S/C3H8O2Si/c1-3-4-5-6-2/h3H,1,6H2,2H3. The second kappa shape index (κ2) is 4.72. The van der Waals surface area contributed by atoms with E-state index in [4.69, 9.17) is 0 Å². The van der Waals surface area contributed by atoms with Crippen LogP contribution in [0.2, 0.25) is 6.55 Å². The van der Waals surface area contributed by atoms with Gasteiger partial charge < -0.3 is 4.89 Å². The van der Waals surface area contributed by atoms with Crippen molar-refractivity contribution in [2.24, 2.45) is 0 Å². The molecule has 0 aromatic heterocycles. The first-order valence-corrected chi connectivity index (χ1v) is 3.80. The Hall–Kier alpha value is -0.283. The van der Waals surface area contributed by atoms with E-state index < -0.39 is 9.76 Å². The SMILES string of the molecule is C=COO[SiH2]C. The predicted molar refractivity (Wildman–Crippen MR) is 26.8 cm³/mol. The highest BCUT2D eigenvalue weighted by molar-refractivity contribution is 6.24. The van der Waals surface area contributed by atoms with Crippen molar-refractivity contribution in [1.29, 1.82) is 0 Å². The van der Waals surface area contributed by atoms with Crippen LogP contribution in [0.5, 0.6) is 0 Å². The summed E-state index contributed by atoms with van der Waals surface area (Å²) in [5, 5.41) is 0. The summed E-state index contributed by atoms with van der Waals surface area (Å²) >= 11 is 0. The number of rotatable bonds is 3. The lowest BCUT2D eigenvalue weighted by Crippen LogP contribution is -1.87. The van der Waals surface area contributed by atoms with Crippen LogP contribution in [-0.2, 0) is 9.46 Å². The highest BCUT2D eigenvalue weighted by Gasteiger charge is 1.68. The lowest BCUT2D eigenvalue weighted by Gasteiger charge is -1.90. The van der Waals surface area contributed by atoms with Gasteiger partial charge in [-0.05, 0) is 6.55 Å². The fourth-order valence-corrected chi connectivity index (χ4v) is 0.348. The van der Waals surface area contributed by atoms with Crippen LogP contribution in [0.4, 0.5) is 0 Å². The fourth-order valence-electron chi connectivity index (χ4n) is 0.116. The molecule has 6 heavy (non-hydrogen) atoms. The lowest BCUT2D eigenvalue weighted by atomic mass is 11.2. The molecule has 0 spiro atoms. The molecule has 0 rings (SSSR count). The van der Waals surface area contributed by atoms with Crippen molar-refractivity contribution in [3.05, 3.63) is 12.8 Å². The third-order valence-electron chi connectivity index (χ3n) is 0.254. The highest BCUT2D eigenvalue weighted by atomic mass is 28.2. The van der Waals surface area contributed by atoms with E-state index in [1.807, 2.05) is 6.55 Å². The minimum atomic E-state index is -0.390. The number of hydrogen-bond acceptors (Lipinski definition) is 2. The van der Waals surface area contributed by atoms with Gasteiger partial charge in [0.15, 0.2) is 0 Å². The van der Waals surface area contributed by atoms with Gasteiger partial charge in [-0.1, -0.05) is 6.58 Å². The summed E-state index contributed by atoms with van der Waals surface area (Å²) < 4.78 is 4.50. The Morgan fingerprint density at radius 3 is 2.67 bits per heavy atom. The molecule has 36 valence electrons. The maximum atomic E-state index is 4.50. The van der Waals surface area contributed by atoms with Crippen molar-refractivity contribution < 1.29 is 9.46 Å². The highest BCUT2D eigenvalue weighted by Crippen LogP contribution is 1.70. The molecule has 0 bridgehead atoms. The second-order valence-electron chi connectivity index (χ2n) is 0.669. The molecule has 0 heterocycles. The number of hydrogen-bond donors (Lipinski definition) is 0. The van der Waals surface area contributed by atoms with E-state index in [0.29, 0.717) is 0 Å². The van der Waals surface area contributed by atoms with E-state index in [2.05, 4.69) is 16.0 Å². The van der Waals surface area contributed by atoms with Crippen molar-refractivity contribution in [1.82, 2.24) is 0 Å². The van der Waals surface area contributed by atoms with E-state index >= 15 is 0 Å². The monoisotopic (exact) mass is 104 g/mol. The van der Waals surface area contributed by atoms with Crippen LogP contribution in [-0.4, -0.2) is 9.76 Å². The molecule has 0 fully saturated rings. The first kappa shape index (κ1) is 5.72. The van der Waals surface area contributed by atoms with E-state index in [0.717, 1.165) is 0 Å². The summed E-state index contributed by atoms with van der Waals surface area (Å²) in [7, 11) is -0.390. The molecule has 0 N–H and O–H groups in total. The molecule has 0 atom stereocenters. The molecule has 0 aromatic rings. The summed E-state index contributed by atoms with van der Waals surface area (Å²) in [6.07, 6.45) is 1.27. The first-order valence-electron chi connectivity index (χ1n) is 1.81. The first-order chi connectivity index (χ1) is 2.91. The average molecular weight is 104 g/mol. The van der Waals surface area contributed by atoms with Gasteiger partial charge in [0.1, 0.15) is 6.26 Å². The van der Waals surface area contributed by atoms with Crippen LogP contribution < -0.4 is 0 Å². The molecule has 3 heteroatoms. The van der Waals surface area contributed by atoms with Gasteiger partial charge in [0, 0.05) is 0 Å². The zero-order valence-electron chi connectivity index (χ0n) is 3.81. The van der Waals surface area contributed by atoms with Crippen LogP contribution >= 0.6 is 0 Å². The molecule has 0 unspecified atom stereocenters. The Labute approximate surface area is 39.6 Å². The summed E-state index contributed by atoms with van der Waals surface area (Å²) in [6.45, 7) is 5.25. The van der Waals surface area contributed by atoms with Crippen molar-refractivity contribution in [2.75, 3.05) is 0 Å². The topological polar surface area (TPSA) is 18.5 Å². The molecular weight excluding hydrogens is 96.1 g/mol. The minimum absolute atomic E-state index is 0.390. The van der Waals surface area contributed by atoms with Gasteiger partial charge in [0.05, 0.1) is 0 Å². The minimum Gasteiger partial charge on any atom is -0.359 e.